The van der Waals surface area contributed by atoms with Crippen molar-refractivity contribution in [3.05, 3.63) is 47.0 Å². The summed E-state index contributed by atoms with van der Waals surface area (Å²) in [6, 6.07) is 9.99. The molecular formula is C14H15ClN2O2S2. The highest BCUT2D eigenvalue weighted by atomic mass is 35.5. The summed E-state index contributed by atoms with van der Waals surface area (Å²) in [6.07, 6.45) is 1.96. The monoisotopic (exact) mass is 342 g/mol. The summed E-state index contributed by atoms with van der Waals surface area (Å²) < 4.78 is 27.2. The molecule has 0 unspecified atom stereocenters. The van der Waals surface area contributed by atoms with E-state index >= 15 is 0 Å². The summed E-state index contributed by atoms with van der Waals surface area (Å²) in [6.45, 7) is 1.71. The van der Waals surface area contributed by atoms with Gasteiger partial charge in [-0.2, -0.15) is 0 Å². The van der Waals surface area contributed by atoms with Gasteiger partial charge in [-0.3, -0.25) is 4.72 Å². The van der Waals surface area contributed by atoms with Gasteiger partial charge in [0.05, 0.1) is 15.6 Å². The minimum absolute atomic E-state index is 0.0934. The Morgan fingerprint density at radius 2 is 1.81 bits per heavy atom. The number of rotatable bonds is 4. The van der Waals surface area contributed by atoms with Gasteiger partial charge in [0.25, 0.3) is 10.0 Å². The zero-order valence-corrected chi connectivity index (χ0v) is 13.9. The molecule has 4 nitrogen and oxygen atoms in total. The molecule has 21 heavy (non-hydrogen) atoms. The van der Waals surface area contributed by atoms with Gasteiger partial charge < -0.3 is 5.73 Å². The molecular weight excluding hydrogens is 328 g/mol. The zero-order valence-electron chi connectivity index (χ0n) is 11.6. The van der Waals surface area contributed by atoms with Crippen molar-refractivity contribution in [3.63, 3.8) is 0 Å². The summed E-state index contributed by atoms with van der Waals surface area (Å²) in [4.78, 5) is 1.15. The third kappa shape index (κ3) is 3.64. The molecule has 3 N–H and O–H groups in total. The number of nitrogens with two attached hydrogens (primary N) is 1. The molecule has 0 amide bonds. The van der Waals surface area contributed by atoms with Crippen LogP contribution < -0.4 is 10.5 Å². The fraction of sp³-hybridized carbons (Fsp3) is 0.143. The van der Waals surface area contributed by atoms with Crippen LogP contribution in [0.1, 0.15) is 5.56 Å². The van der Waals surface area contributed by atoms with E-state index in [2.05, 4.69) is 4.72 Å². The number of nitrogen functional groups attached to an aromatic ring is 1. The number of benzene rings is 2. The van der Waals surface area contributed by atoms with Crippen molar-refractivity contribution in [3.8, 4) is 0 Å². The second kappa shape index (κ2) is 6.17. The van der Waals surface area contributed by atoms with Crippen LogP contribution in [0.5, 0.6) is 0 Å². The van der Waals surface area contributed by atoms with Crippen LogP contribution >= 0.6 is 23.4 Å². The molecule has 0 bridgehead atoms. The largest absolute Gasteiger partial charge is 0.397 e. The van der Waals surface area contributed by atoms with Crippen LogP contribution in [0.25, 0.3) is 0 Å². The van der Waals surface area contributed by atoms with Crippen molar-refractivity contribution in [2.24, 2.45) is 0 Å². The van der Waals surface area contributed by atoms with Gasteiger partial charge in [-0.05, 0) is 55.1 Å². The Balaban J connectivity index is 2.33. The summed E-state index contributed by atoms with van der Waals surface area (Å²) in [5, 5.41) is 0.373. The van der Waals surface area contributed by atoms with E-state index in [1.807, 2.05) is 18.4 Å². The summed E-state index contributed by atoms with van der Waals surface area (Å²) >= 11 is 7.54. The molecule has 0 aliphatic carbocycles. The van der Waals surface area contributed by atoms with Gasteiger partial charge >= 0.3 is 0 Å². The van der Waals surface area contributed by atoms with Crippen molar-refractivity contribution in [2.75, 3.05) is 16.7 Å². The van der Waals surface area contributed by atoms with Gasteiger partial charge in [0.15, 0.2) is 0 Å². The predicted octanol–water partition coefficient (Wildman–Crippen LogP) is 3.75. The van der Waals surface area contributed by atoms with Gasteiger partial charge in [0.2, 0.25) is 0 Å². The van der Waals surface area contributed by atoms with Crippen molar-refractivity contribution < 1.29 is 8.42 Å². The summed E-state index contributed by atoms with van der Waals surface area (Å²) in [5.74, 6) is 0. The maximum absolute atomic E-state index is 12.4. The summed E-state index contributed by atoms with van der Waals surface area (Å²) in [7, 11) is -3.69. The van der Waals surface area contributed by atoms with Gasteiger partial charge in [0, 0.05) is 10.6 Å². The van der Waals surface area contributed by atoms with E-state index in [0.717, 1.165) is 4.90 Å². The quantitative estimate of drug-likeness (QED) is 0.655. The van der Waals surface area contributed by atoms with Crippen molar-refractivity contribution >= 4 is 44.8 Å². The minimum atomic E-state index is -3.69. The van der Waals surface area contributed by atoms with E-state index < -0.39 is 10.0 Å². The molecule has 112 valence electrons. The van der Waals surface area contributed by atoms with E-state index in [4.69, 9.17) is 17.3 Å². The highest BCUT2D eigenvalue weighted by Gasteiger charge is 2.17. The Morgan fingerprint density at radius 1 is 1.19 bits per heavy atom. The van der Waals surface area contributed by atoms with Crippen LogP contribution in [0.2, 0.25) is 5.02 Å². The summed E-state index contributed by atoms with van der Waals surface area (Å²) in [5.41, 5.74) is 7.09. The van der Waals surface area contributed by atoms with Crippen molar-refractivity contribution in [2.45, 2.75) is 16.7 Å². The molecule has 2 aromatic rings. The Bertz CT molecular complexity index is 736. The van der Waals surface area contributed by atoms with Crippen LogP contribution in [0.15, 0.2) is 46.2 Å². The van der Waals surface area contributed by atoms with Crippen LogP contribution in [0.3, 0.4) is 0 Å². The first kappa shape index (κ1) is 16.0. The highest BCUT2D eigenvalue weighted by molar-refractivity contribution is 7.98. The van der Waals surface area contributed by atoms with E-state index in [0.29, 0.717) is 16.3 Å². The zero-order chi connectivity index (χ0) is 15.6. The van der Waals surface area contributed by atoms with Crippen molar-refractivity contribution in [1.82, 2.24) is 0 Å². The smallest absolute Gasteiger partial charge is 0.261 e. The average molecular weight is 343 g/mol. The first-order valence-corrected chi connectivity index (χ1v) is 9.14. The molecule has 0 aliphatic heterocycles. The maximum atomic E-state index is 12.4. The lowest BCUT2D eigenvalue weighted by Crippen LogP contribution is -2.13. The molecule has 0 fully saturated rings. The molecule has 0 radical (unpaired) electrons. The first-order valence-electron chi connectivity index (χ1n) is 6.06. The minimum Gasteiger partial charge on any atom is -0.397 e. The molecule has 0 saturated carbocycles. The lowest BCUT2D eigenvalue weighted by Gasteiger charge is -2.11. The Labute approximate surface area is 133 Å². The fourth-order valence-corrected chi connectivity index (χ4v) is 3.49. The molecule has 2 rings (SSSR count). The maximum Gasteiger partial charge on any atom is 0.261 e. The number of aryl methyl sites for hydroxylation is 1. The van der Waals surface area contributed by atoms with Crippen LogP contribution in [-0.2, 0) is 10.0 Å². The number of anilines is 2. The van der Waals surface area contributed by atoms with E-state index in [9.17, 15) is 8.42 Å². The third-order valence-electron chi connectivity index (χ3n) is 2.91. The average Bonchev–Trinajstić information content (AvgIpc) is 2.44. The number of nitrogens with one attached hydrogen (secondary N) is 1. The van der Waals surface area contributed by atoms with Crippen molar-refractivity contribution in [1.29, 1.82) is 0 Å². The molecule has 0 saturated heterocycles. The number of sulfonamides is 1. The molecule has 0 atom stereocenters. The first-order chi connectivity index (χ1) is 9.83. The van der Waals surface area contributed by atoms with E-state index in [-0.39, 0.29) is 10.6 Å². The van der Waals surface area contributed by atoms with Gasteiger partial charge in [0.1, 0.15) is 0 Å². The Kier molecular flexibility index (Phi) is 4.70. The van der Waals surface area contributed by atoms with E-state index in [1.165, 1.54) is 12.1 Å². The normalized spacial score (nSPS) is 11.4. The lowest BCUT2D eigenvalue weighted by atomic mass is 10.2. The molecule has 2 aromatic carbocycles. The van der Waals surface area contributed by atoms with Crippen LogP contribution in [0, 0.1) is 6.92 Å². The molecule has 0 heterocycles. The van der Waals surface area contributed by atoms with E-state index in [1.54, 1.807) is 30.8 Å². The molecule has 0 aliphatic rings. The second-order valence-electron chi connectivity index (χ2n) is 4.48. The Morgan fingerprint density at radius 3 is 2.33 bits per heavy atom. The molecule has 0 spiro atoms. The second-order valence-corrected chi connectivity index (χ2v) is 7.42. The number of halogens is 1. The lowest BCUT2D eigenvalue weighted by molar-refractivity contribution is 0.601. The third-order valence-corrected chi connectivity index (χ3v) is 5.53. The highest BCUT2D eigenvalue weighted by Crippen LogP contribution is 2.28. The SMILES string of the molecule is CSc1ccc(NS(=O)(=O)c2cc(C)c(Cl)c(N)c2)cc1. The van der Waals surface area contributed by atoms with Gasteiger partial charge in [-0.15, -0.1) is 11.8 Å². The molecule has 0 aromatic heterocycles. The fourth-order valence-electron chi connectivity index (χ4n) is 1.79. The predicted molar refractivity (Wildman–Crippen MR) is 89.6 cm³/mol. The van der Waals surface area contributed by atoms with Gasteiger partial charge in [-0.25, -0.2) is 8.42 Å². The Hall–Kier alpha value is -1.37. The standard InChI is InChI=1S/C14H15ClN2O2S2/c1-9-7-12(8-13(16)14(9)15)21(18,19)17-10-3-5-11(20-2)6-4-10/h3-8,17H,16H2,1-2H3. The number of thioether (sulfide) groups is 1. The number of hydrogen-bond acceptors (Lipinski definition) is 4. The topological polar surface area (TPSA) is 72.2 Å². The van der Waals surface area contributed by atoms with Gasteiger partial charge in [-0.1, -0.05) is 11.6 Å². The van der Waals surface area contributed by atoms with Crippen LogP contribution in [0.4, 0.5) is 11.4 Å². The molecule has 7 heteroatoms. The van der Waals surface area contributed by atoms with Crippen LogP contribution in [-0.4, -0.2) is 14.7 Å². The number of hydrogen-bond donors (Lipinski definition) is 2.